The van der Waals surface area contributed by atoms with Gasteiger partial charge in [0, 0.05) is 5.41 Å². The first-order valence-electron chi connectivity index (χ1n) is 7.79. The van der Waals surface area contributed by atoms with Crippen LogP contribution in [-0.2, 0) is 4.79 Å². The van der Waals surface area contributed by atoms with Crippen LogP contribution >= 0.6 is 11.8 Å². The molecule has 0 aromatic carbocycles. The molecule has 0 N–H and O–H groups in total. The standard InChI is InChI=1S/C16H24OS/c1-15(3-2-4-18-15)14(17)16-8-11-5-12(9-16)7-13(6-11)10-16/h11-13H,2-10H2,1H3. The SMILES string of the molecule is CC1(C(=O)C23CC4CC(CC(C4)C2)C3)CCCS1. The average molecular weight is 264 g/mol. The second kappa shape index (κ2) is 3.77. The highest BCUT2D eigenvalue weighted by molar-refractivity contribution is 8.01. The molecular weight excluding hydrogens is 240 g/mol. The quantitative estimate of drug-likeness (QED) is 0.748. The second-order valence-electron chi connectivity index (χ2n) is 7.71. The molecule has 4 saturated carbocycles. The fourth-order valence-electron chi connectivity index (χ4n) is 5.91. The van der Waals surface area contributed by atoms with Crippen molar-refractivity contribution in [3.8, 4) is 0 Å². The zero-order valence-electron chi connectivity index (χ0n) is 11.4. The molecule has 1 unspecified atom stereocenters. The first kappa shape index (κ1) is 11.8. The van der Waals surface area contributed by atoms with E-state index in [4.69, 9.17) is 0 Å². The Morgan fingerprint density at radius 2 is 1.61 bits per heavy atom. The van der Waals surface area contributed by atoms with E-state index in [9.17, 15) is 4.79 Å². The predicted molar refractivity (Wildman–Crippen MR) is 75.7 cm³/mol. The van der Waals surface area contributed by atoms with E-state index in [1.165, 1.54) is 50.7 Å². The van der Waals surface area contributed by atoms with E-state index in [1.54, 1.807) is 0 Å². The summed E-state index contributed by atoms with van der Waals surface area (Å²) >= 11 is 1.95. The average Bonchev–Trinajstić information content (AvgIpc) is 2.74. The summed E-state index contributed by atoms with van der Waals surface area (Å²) in [7, 11) is 0. The summed E-state index contributed by atoms with van der Waals surface area (Å²) in [6.07, 6.45) is 10.4. The van der Waals surface area contributed by atoms with Crippen LogP contribution in [-0.4, -0.2) is 16.3 Å². The topological polar surface area (TPSA) is 17.1 Å². The van der Waals surface area contributed by atoms with Gasteiger partial charge in [-0.15, -0.1) is 11.8 Å². The fourth-order valence-corrected chi connectivity index (χ4v) is 7.28. The molecule has 5 rings (SSSR count). The van der Waals surface area contributed by atoms with Gasteiger partial charge < -0.3 is 0 Å². The first-order chi connectivity index (χ1) is 8.60. The van der Waals surface area contributed by atoms with Crippen molar-refractivity contribution in [1.82, 2.24) is 0 Å². The summed E-state index contributed by atoms with van der Waals surface area (Å²) in [5.41, 5.74) is 0.126. The summed E-state index contributed by atoms with van der Waals surface area (Å²) in [5, 5.41) is 0. The van der Waals surface area contributed by atoms with Crippen LogP contribution in [0.1, 0.15) is 58.3 Å². The maximum absolute atomic E-state index is 13.2. The minimum absolute atomic E-state index is 0.0222. The van der Waals surface area contributed by atoms with Crippen LogP contribution in [0, 0.1) is 23.2 Å². The smallest absolute Gasteiger partial charge is 0.154 e. The summed E-state index contributed by atoms with van der Waals surface area (Å²) in [6.45, 7) is 2.24. The molecule has 1 heterocycles. The van der Waals surface area contributed by atoms with Gasteiger partial charge in [0.2, 0.25) is 0 Å². The Bertz CT molecular complexity index is 345. The number of carbonyl (C=O) groups excluding carboxylic acids is 1. The van der Waals surface area contributed by atoms with Crippen molar-refractivity contribution < 1.29 is 4.79 Å². The first-order valence-corrected chi connectivity index (χ1v) is 8.77. The van der Waals surface area contributed by atoms with E-state index < -0.39 is 0 Å². The Kier molecular flexibility index (Phi) is 2.48. The van der Waals surface area contributed by atoms with Crippen LogP contribution in [0.25, 0.3) is 0 Å². The number of Topliss-reactive ketones (excluding diaryl/α,β-unsaturated/α-hetero) is 1. The van der Waals surface area contributed by atoms with E-state index >= 15 is 0 Å². The zero-order chi connectivity index (χ0) is 12.4. The van der Waals surface area contributed by atoms with E-state index in [1.807, 2.05) is 11.8 Å². The molecule has 0 aromatic rings. The van der Waals surface area contributed by atoms with E-state index in [0.717, 1.165) is 24.2 Å². The lowest BCUT2D eigenvalue weighted by molar-refractivity contribution is -0.146. The Labute approximate surface area is 114 Å². The number of rotatable bonds is 2. The van der Waals surface area contributed by atoms with Crippen LogP contribution in [0.3, 0.4) is 0 Å². The van der Waals surface area contributed by atoms with Gasteiger partial charge in [0.1, 0.15) is 0 Å². The number of ketones is 1. The number of carbonyl (C=O) groups is 1. The lowest BCUT2D eigenvalue weighted by Gasteiger charge is -2.57. The van der Waals surface area contributed by atoms with Crippen molar-refractivity contribution >= 4 is 17.5 Å². The number of hydrogen-bond acceptors (Lipinski definition) is 2. The summed E-state index contributed by atoms with van der Waals surface area (Å²) in [5.74, 6) is 4.56. The normalized spacial score (nSPS) is 53.9. The van der Waals surface area contributed by atoms with Gasteiger partial charge in [0.05, 0.1) is 4.75 Å². The third-order valence-corrected chi connectivity index (χ3v) is 7.74. The number of thioether (sulfide) groups is 1. The van der Waals surface area contributed by atoms with Crippen molar-refractivity contribution in [3.63, 3.8) is 0 Å². The van der Waals surface area contributed by atoms with Crippen molar-refractivity contribution in [2.75, 3.05) is 5.75 Å². The molecule has 1 aliphatic heterocycles. The lowest BCUT2D eigenvalue weighted by atomic mass is 9.47. The maximum Gasteiger partial charge on any atom is 0.154 e. The third kappa shape index (κ3) is 1.57. The van der Waals surface area contributed by atoms with Crippen molar-refractivity contribution in [3.05, 3.63) is 0 Å². The van der Waals surface area contributed by atoms with Gasteiger partial charge in [-0.25, -0.2) is 0 Å². The van der Waals surface area contributed by atoms with Crippen LogP contribution in [0.5, 0.6) is 0 Å². The van der Waals surface area contributed by atoms with Crippen molar-refractivity contribution in [2.24, 2.45) is 23.2 Å². The molecule has 5 fully saturated rings. The van der Waals surface area contributed by atoms with Crippen molar-refractivity contribution in [2.45, 2.75) is 63.0 Å². The minimum atomic E-state index is -0.0222. The largest absolute Gasteiger partial charge is 0.298 e. The van der Waals surface area contributed by atoms with Crippen LogP contribution < -0.4 is 0 Å². The van der Waals surface area contributed by atoms with Gasteiger partial charge in [-0.05, 0) is 81.8 Å². The van der Waals surface area contributed by atoms with E-state index in [-0.39, 0.29) is 10.2 Å². The molecule has 18 heavy (non-hydrogen) atoms. The Morgan fingerprint density at radius 1 is 1.06 bits per heavy atom. The predicted octanol–water partition coefficient (Wildman–Crippen LogP) is 4.06. The molecule has 5 aliphatic rings. The van der Waals surface area contributed by atoms with Crippen LogP contribution in [0.4, 0.5) is 0 Å². The Hall–Kier alpha value is 0.0200. The molecule has 0 spiro atoms. The van der Waals surface area contributed by atoms with Crippen LogP contribution in [0.15, 0.2) is 0 Å². The highest BCUT2D eigenvalue weighted by Gasteiger charge is 2.58. The molecule has 1 saturated heterocycles. The van der Waals surface area contributed by atoms with E-state index in [0.29, 0.717) is 5.78 Å². The van der Waals surface area contributed by atoms with Gasteiger partial charge >= 0.3 is 0 Å². The fraction of sp³-hybridized carbons (Fsp3) is 0.938. The monoisotopic (exact) mass is 264 g/mol. The maximum atomic E-state index is 13.2. The third-order valence-electron chi connectivity index (χ3n) is 6.22. The molecule has 0 aromatic heterocycles. The minimum Gasteiger partial charge on any atom is -0.298 e. The summed E-state index contributed by atoms with van der Waals surface area (Å²) in [6, 6.07) is 0. The second-order valence-corrected chi connectivity index (χ2v) is 9.31. The van der Waals surface area contributed by atoms with Gasteiger partial charge in [-0.1, -0.05) is 0 Å². The molecule has 0 radical (unpaired) electrons. The Morgan fingerprint density at radius 3 is 2.06 bits per heavy atom. The molecule has 100 valence electrons. The molecule has 0 amide bonds. The van der Waals surface area contributed by atoms with Crippen molar-refractivity contribution in [1.29, 1.82) is 0 Å². The van der Waals surface area contributed by atoms with Gasteiger partial charge in [0.15, 0.2) is 5.78 Å². The molecule has 4 bridgehead atoms. The highest BCUT2D eigenvalue weighted by atomic mass is 32.2. The molecule has 1 nitrogen and oxygen atoms in total. The molecular formula is C16H24OS. The molecule has 4 aliphatic carbocycles. The van der Waals surface area contributed by atoms with Crippen LogP contribution in [0.2, 0.25) is 0 Å². The Balaban J connectivity index is 1.65. The van der Waals surface area contributed by atoms with Gasteiger partial charge in [-0.2, -0.15) is 0 Å². The van der Waals surface area contributed by atoms with Gasteiger partial charge in [-0.3, -0.25) is 4.79 Å². The summed E-state index contributed by atoms with van der Waals surface area (Å²) < 4.78 is -0.0222. The highest BCUT2D eigenvalue weighted by Crippen LogP contribution is 2.62. The molecule has 2 heteroatoms. The lowest BCUT2D eigenvalue weighted by Crippen LogP contribution is -2.54. The number of hydrogen-bond donors (Lipinski definition) is 0. The summed E-state index contributed by atoms with van der Waals surface area (Å²) in [4.78, 5) is 13.2. The van der Waals surface area contributed by atoms with Gasteiger partial charge in [0.25, 0.3) is 0 Å². The molecule has 1 atom stereocenters. The van der Waals surface area contributed by atoms with E-state index in [2.05, 4.69) is 6.92 Å². The zero-order valence-corrected chi connectivity index (χ0v) is 12.2.